The first-order valence-corrected chi connectivity index (χ1v) is 13.7. The monoisotopic (exact) mass is 574 g/mol. The Bertz CT molecular complexity index is 1420. The van der Waals surface area contributed by atoms with Gasteiger partial charge in [-0.15, -0.1) is 0 Å². The lowest BCUT2D eigenvalue weighted by molar-refractivity contribution is -0.128. The van der Waals surface area contributed by atoms with E-state index in [9.17, 15) is 14.4 Å². The minimum absolute atomic E-state index is 0.0412. The van der Waals surface area contributed by atoms with E-state index < -0.39 is 11.8 Å². The number of pyridine rings is 1. The van der Waals surface area contributed by atoms with Crippen molar-refractivity contribution < 1.29 is 33.3 Å². The molecule has 11 heteroatoms. The number of hydrogen-bond donors (Lipinski definition) is 1. The Morgan fingerprint density at radius 2 is 1.62 bits per heavy atom. The molecule has 0 aliphatic carbocycles. The fourth-order valence-corrected chi connectivity index (χ4v) is 5.45. The summed E-state index contributed by atoms with van der Waals surface area (Å²) < 4.78 is 22.2. The first kappa shape index (κ1) is 28.9. The molecule has 2 aliphatic rings. The van der Waals surface area contributed by atoms with Gasteiger partial charge in [0.05, 0.1) is 40.2 Å². The van der Waals surface area contributed by atoms with Gasteiger partial charge in [0.15, 0.2) is 11.5 Å². The largest absolute Gasteiger partial charge is 0.497 e. The minimum Gasteiger partial charge on any atom is -0.497 e. The molecule has 2 saturated heterocycles. The van der Waals surface area contributed by atoms with Gasteiger partial charge in [0.2, 0.25) is 5.91 Å². The summed E-state index contributed by atoms with van der Waals surface area (Å²) in [7, 11) is 4.61. The highest BCUT2D eigenvalue weighted by atomic mass is 16.5. The van der Waals surface area contributed by atoms with E-state index in [-0.39, 0.29) is 30.9 Å². The summed E-state index contributed by atoms with van der Waals surface area (Å²) in [5.74, 6) is 0.793. The van der Waals surface area contributed by atoms with Crippen LogP contribution in [0.1, 0.15) is 39.3 Å². The van der Waals surface area contributed by atoms with E-state index in [4.69, 9.17) is 18.9 Å². The maximum absolute atomic E-state index is 14.0. The van der Waals surface area contributed by atoms with Gasteiger partial charge in [-0.1, -0.05) is 6.07 Å². The topological polar surface area (TPSA) is 120 Å². The summed E-state index contributed by atoms with van der Waals surface area (Å²) in [5.41, 5.74) is 0.536. The number of hydrogen-bond acceptors (Lipinski definition) is 8. The SMILES string of the molecule is COc1ccc(C(=O)N2[C@@H](C(=O)NCc3ccccn3)COC23CCN(C(=O)c2ccc(OC)c(OC)c2)CC3)cc1. The molecule has 11 nitrogen and oxygen atoms in total. The lowest BCUT2D eigenvalue weighted by Gasteiger charge is -2.44. The van der Waals surface area contributed by atoms with Crippen molar-refractivity contribution in [2.24, 2.45) is 0 Å². The Kier molecular flexibility index (Phi) is 8.58. The number of nitrogens with one attached hydrogen (secondary N) is 1. The highest BCUT2D eigenvalue weighted by molar-refractivity contribution is 5.99. The van der Waals surface area contributed by atoms with Crippen molar-refractivity contribution in [3.8, 4) is 17.2 Å². The molecule has 2 fully saturated rings. The van der Waals surface area contributed by atoms with E-state index in [0.29, 0.717) is 60.0 Å². The lowest BCUT2D eigenvalue weighted by Crippen LogP contribution is -2.59. The van der Waals surface area contributed by atoms with Crippen molar-refractivity contribution in [1.82, 2.24) is 20.1 Å². The number of ether oxygens (including phenoxy) is 4. The highest BCUT2D eigenvalue weighted by Crippen LogP contribution is 2.39. The second-order valence-electron chi connectivity index (χ2n) is 10.1. The smallest absolute Gasteiger partial charge is 0.256 e. The maximum Gasteiger partial charge on any atom is 0.256 e. The Morgan fingerprint density at radius 1 is 0.905 bits per heavy atom. The highest BCUT2D eigenvalue weighted by Gasteiger charge is 2.54. The van der Waals surface area contributed by atoms with E-state index in [1.54, 1.807) is 71.6 Å². The van der Waals surface area contributed by atoms with Gasteiger partial charge in [-0.3, -0.25) is 24.3 Å². The van der Waals surface area contributed by atoms with Crippen molar-refractivity contribution in [2.75, 3.05) is 41.0 Å². The molecule has 220 valence electrons. The Balaban J connectivity index is 1.36. The van der Waals surface area contributed by atoms with E-state index in [1.807, 2.05) is 12.1 Å². The molecule has 3 amide bonds. The molecule has 2 aromatic carbocycles. The van der Waals surface area contributed by atoms with Gasteiger partial charge in [0.1, 0.15) is 17.5 Å². The number of carbonyl (C=O) groups excluding carboxylic acids is 3. The van der Waals surface area contributed by atoms with Gasteiger partial charge in [-0.25, -0.2) is 0 Å². The van der Waals surface area contributed by atoms with Crippen molar-refractivity contribution in [2.45, 2.75) is 31.2 Å². The van der Waals surface area contributed by atoms with Crippen LogP contribution in [-0.4, -0.2) is 85.3 Å². The van der Waals surface area contributed by atoms with Gasteiger partial charge in [-0.05, 0) is 54.6 Å². The Hall–Kier alpha value is -4.64. The summed E-state index contributed by atoms with van der Waals surface area (Å²) in [6, 6.07) is 16.4. The van der Waals surface area contributed by atoms with Gasteiger partial charge in [0, 0.05) is 43.3 Å². The number of rotatable bonds is 8. The number of nitrogens with zero attached hydrogens (tertiary/aromatic N) is 3. The number of amides is 3. The van der Waals surface area contributed by atoms with Crippen molar-refractivity contribution in [3.63, 3.8) is 0 Å². The molecule has 42 heavy (non-hydrogen) atoms. The normalized spacial score (nSPS) is 17.5. The van der Waals surface area contributed by atoms with Gasteiger partial charge in [-0.2, -0.15) is 0 Å². The molecular formula is C31H34N4O7. The molecule has 1 spiro atoms. The predicted octanol–water partition coefficient (Wildman–Crippen LogP) is 2.90. The molecule has 0 unspecified atom stereocenters. The zero-order valence-electron chi connectivity index (χ0n) is 23.9. The molecule has 0 bridgehead atoms. The lowest BCUT2D eigenvalue weighted by atomic mass is 9.96. The van der Waals surface area contributed by atoms with Crippen LogP contribution in [0.3, 0.4) is 0 Å². The van der Waals surface area contributed by atoms with Crippen LogP contribution in [0.5, 0.6) is 17.2 Å². The first-order chi connectivity index (χ1) is 20.4. The average Bonchev–Trinajstić information content (AvgIpc) is 3.41. The van der Waals surface area contributed by atoms with Crippen LogP contribution in [0.15, 0.2) is 66.9 Å². The molecule has 0 saturated carbocycles. The number of aromatic nitrogens is 1. The van der Waals surface area contributed by atoms with Crippen LogP contribution in [0.25, 0.3) is 0 Å². The zero-order chi connectivity index (χ0) is 29.7. The van der Waals surface area contributed by atoms with Crippen LogP contribution in [0.2, 0.25) is 0 Å². The van der Waals surface area contributed by atoms with Crippen molar-refractivity contribution in [3.05, 3.63) is 83.7 Å². The summed E-state index contributed by atoms with van der Waals surface area (Å²) in [6.45, 7) is 0.935. The minimum atomic E-state index is -1.04. The van der Waals surface area contributed by atoms with Gasteiger partial charge >= 0.3 is 0 Å². The average molecular weight is 575 g/mol. The number of benzene rings is 2. The van der Waals surface area contributed by atoms with Crippen molar-refractivity contribution >= 4 is 17.7 Å². The second-order valence-corrected chi connectivity index (χ2v) is 10.1. The third-order valence-electron chi connectivity index (χ3n) is 7.75. The molecule has 0 radical (unpaired) electrons. The zero-order valence-corrected chi connectivity index (χ0v) is 23.9. The molecule has 1 atom stereocenters. The van der Waals surface area contributed by atoms with Crippen molar-refractivity contribution in [1.29, 1.82) is 0 Å². The fraction of sp³-hybridized carbons (Fsp3) is 0.355. The number of piperidine rings is 1. The molecule has 2 aliphatic heterocycles. The summed E-state index contributed by atoms with van der Waals surface area (Å²) in [6.07, 6.45) is 2.35. The molecule has 1 N–H and O–H groups in total. The number of likely N-dealkylation sites (tertiary alicyclic amines) is 1. The Morgan fingerprint density at radius 3 is 2.26 bits per heavy atom. The van der Waals surface area contributed by atoms with Crippen LogP contribution < -0.4 is 19.5 Å². The molecule has 3 aromatic rings. The maximum atomic E-state index is 14.0. The van der Waals surface area contributed by atoms with Crippen LogP contribution in [0.4, 0.5) is 0 Å². The summed E-state index contributed by atoms with van der Waals surface area (Å²) >= 11 is 0. The number of methoxy groups -OCH3 is 3. The molecule has 5 rings (SSSR count). The fourth-order valence-electron chi connectivity index (χ4n) is 5.45. The third kappa shape index (κ3) is 5.73. The predicted molar refractivity (Wildman–Crippen MR) is 152 cm³/mol. The van der Waals surface area contributed by atoms with E-state index in [1.165, 1.54) is 14.2 Å². The summed E-state index contributed by atoms with van der Waals surface area (Å²) in [5, 5.41) is 2.90. The van der Waals surface area contributed by atoms with Crippen LogP contribution in [-0.2, 0) is 16.1 Å². The standard InChI is InChI=1S/C31H34N4O7/c1-39-24-10-7-21(8-11-24)30(38)35-25(28(36)33-19-23-6-4-5-15-32-23)20-42-31(35)13-16-34(17-14-31)29(37)22-9-12-26(40-2)27(18-22)41-3/h4-12,15,18,25H,13-14,16-17,19-20H2,1-3H3,(H,33,36)/t25-/m1/s1. The van der Waals surface area contributed by atoms with Gasteiger partial charge in [0.25, 0.3) is 11.8 Å². The molecule has 1 aromatic heterocycles. The summed E-state index contributed by atoms with van der Waals surface area (Å²) in [4.78, 5) is 48.3. The number of carbonyl (C=O) groups is 3. The van der Waals surface area contributed by atoms with Crippen LogP contribution in [0, 0.1) is 0 Å². The second kappa shape index (κ2) is 12.5. The molecular weight excluding hydrogens is 540 g/mol. The van der Waals surface area contributed by atoms with E-state index in [0.717, 1.165) is 0 Å². The Labute approximate surface area is 244 Å². The van der Waals surface area contributed by atoms with Gasteiger partial charge < -0.3 is 29.2 Å². The van der Waals surface area contributed by atoms with E-state index >= 15 is 0 Å². The van der Waals surface area contributed by atoms with E-state index in [2.05, 4.69) is 10.3 Å². The quantitative estimate of drug-likeness (QED) is 0.436. The third-order valence-corrected chi connectivity index (χ3v) is 7.75. The first-order valence-electron chi connectivity index (χ1n) is 13.7. The molecule has 3 heterocycles. The van der Waals surface area contributed by atoms with Crippen LogP contribution >= 0.6 is 0 Å².